The summed E-state index contributed by atoms with van der Waals surface area (Å²) < 4.78 is 0. The molecule has 0 aromatic rings. The largest absolute Gasteiger partial charge is 0.365 e. The van der Waals surface area contributed by atoms with Crippen molar-refractivity contribution in [1.82, 2.24) is 0 Å². The van der Waals surface area contributed by atoms with Crippen molar-refractivity contribution in [2.45, 2.75) is 46.0 Å². The Hall–Kier alpha value is -1.05. The molecule has 0 aromatic carbocycles. The van der Waals surface area contributed by atoms with Crippen LogP contribution in [0.2, 0.25) is 0 Å². The van der Waals surface area contributed by atoms with Gasteiger partial charge in [-0.1, -0.05) is 57.2 Å². The smallest absolute Gasteiger partial charge is 0.122 e. The van der Waals surface area contributed by atoms with Gasteiger partial charge in [0, 0.05) is 0 Å². The molecular formula is C12H21NO. The SMILES string of the molecule is C1=CC=NOC=C1.CCCCCCC. The molecule has 1 aliphatic heterocycles. The Labute approximate surface area is 87.3 Å². The molecule has 0 atom stereocenters. The number of allylic oxidation sites excluding steroid dienone is 3. The third-order valence-corrected chi connectivity index (χ3v) is 1.78. The van der Waals surface area contributed by atoms with Gasteiger partial charge in [0.15, 0.2) is 0 Å². The van der Waals surface area contributed by atoms with Crippen LogP contribution in [0.1, 0.15) is 46.0 Å². The van der Waals surface area contributed by atoms with Gasteiger partial charge in [-0.3, -0.25) is 0 Å². The van der Waals surface area contributed by atoms with Crippen molar-refractivity contribution >= 4 is 6.21 Å². The third-order valence-electron chi connectivity index (χ3n) is 1.78. The van der Waals surface area contributed by atoms with Crippen molar-refractivity contribution < 1.29 is 4.84 Å². The van der Waals surface area contributed by atoms with Crippen LogP contribution in [-0.4, -0.2) is 6.21 Å². The Bertz CT molecular complexity index is 165. The molecule has 0 bridgehead atoms. The summed E-state index contributed by atoms with van der Waals surface area (Å²) in [6.07, 6.45) is 15.5. The molecule has 0 aliphatic carbocycles. The number of nitrogens with zero attached hydrogens (tertiary/aromatic N) is 1. The van der Waals surface area contributed by atoms with Crippen molar-refractivity contribution in [3.05, 3.63) is 24.5 Å². The Morgan fingerprint density at radius 3 is 2.29 bits per heavy atom. The highest BCUT2D eigenvalue weighted by atomic mass is 16.6. The summed E-state index contributed by atoms with van der Waals surface area (Å²) in [5, 5.41) is 3.47. The summed E-state index contributed by atoms with van der Waals surface area (Å²) in [6, 6.07) is 0. The van der Waals surface area contributed by atoms with E-state index in [0.717, 1.165) is 0 Å². The van der Waals surface area contributed by atoms with Gasteiger partial charge in [0.2, 0.25) is 0 Å². The Kier molecular flexibility index (Phi) is 11.1. The lowest BCUT2D eigenvalue weighted by Gasteiger charge is -1.90. The quantitative estimate of drug-likeness (QED) is 0.620. The van der Waals surface area contributed by atoms with E-state index in [1.54, 1.807) is 18.4 Å². The lowest BCUT2D eigenvalue weighted by Crippen LogP contribution is -1.70. The highest BCUT2D eigenvalue weighted by Crippen LogP contribution is 2.00. The van der Waals surface area contributed by atoms with Crippen LogP contribution in [-0.2, 0) is 4.84 Å². The molecule has 0 amide bonds. The number of unbranched alkanes of at least 4 members (excludes halogenated alkanes) is 4. The number of rotatable bonds is 4. The Morgan fingerprint density at radius 1 is 0.929 bits per heavy atom. The van der Waals surface area contributed by atoms with E-state index < -0.39 is 0 Å². The zero-order chi connectivity index (χ0) is 10.5. The fourth-order valence-corrected chi connectivity index (χ4v) is 0.977. The van der Waals surface area contributed by atoms with Crippen molar-refractivity contribution in [2.75, 3.05) is 0 Å². The predicted octanol–water partition coefficient (Wildman–Crippen LogP) is 4.05. The molecule has 0 saturated heterocycles. The van der Waals surface area contributed by atoms with Crippen LogP contribution in [0.3, 0.4) is 0 Å². The van der Waals surface area contributed by atoms with Gasteiger partial charge in [-0.15, -0.1) is 0 Å². The van der Waals surface area contributed by atoms with Gasteiger partial charge in [-0.05, 0) is 12.2 Å². The lowest BCUT2D eigenvalue weighted by molar-refractivity contribution is 0.271. The fraction of sp³-hybridized carbons (Fsp3) is 0.583. The minimum absolute atomic E-state index is 1.36. The van der Waals surface area contributed by atoms with Gasteiger partial charge in [0.05, 0.1) is 6.21 Å². The number of hydrogen-bond acceptors (Lipinski definition) is 2. The average Bonchev–Trinajstić information content (AvgIpc) is 2.51. The van der Waals surface area contributed by atoms with Gasteiger partial charge in [0.1, 0.15) is 6.26 Å². The average molecular weight is 195 g/mol. The topological polar surface area (TPSA) is 21.6 Å². The first kappa shape index (κ1) is 12.9. The normalized spacial score (nSPS) is 12.7. The molecule has 1 aliphatic rings. The maximum absolute atomic E-state index is 4.52. The van der Waals surface area contributed by atoms with Gasteiger partial charge >= 0.3 is 0 Å². The second-order valence-electron chi connectivity index (χ2n) is 3.13. The Morgan fingerprint density at radius 2 is 1.64 bits per heavy atom. The van der Waals surface area contributed by atoms with Crippen LogP contribution in [0.15, 0.2) is 29.6 Å². The first-order chi connectivity index (χ1) is 6.91. The monoisotopic (exact) mass is 195 g/mol. The van der Waals surface area contributed by atoms with Crippen LogP contribution in [0.25, 0.3) is 0 Å². The molecule has 0 saturated carbocycles. The minimum Gasteiger partial charge on any atom is -0.365 e. The van der Waals surface area contributed by atoms with E-state index in [0.29, 0.717) is 0 Å². The highest BCUT2D eigenvalue weighted by Gasteiger charge is 1.80. The maximum Gasteiger partial charge on any atom is 0.122 e. The molecule has 1 rings (SSSR count). The fourth-order valence-electron chi connectivity index (χ4n) is 0.977. The summed E-state index contributed by atoms with van der Waals surface area (Å²) in [7, 11) is 0. The van der Waals surface area contributed by atoms with Crippen LogP contribution in [0, 0.1) is 0 Å². The first-order valence-corrected chi connectivity index (χ1v) is 5.42. The van der Waals surface area contributed by atoms with Crippen LogP contribution in [0.4, 0.5) is 0 Å². The summed E-state index contributed by atoms with van der Waals surface area (Å²) >= 11 is 0. The second kappa shape index (κ2) is 11.9. The molecule has 14 heavy (non-hydrogen) atoms. The zero-order valence-electron chi connectivity index (χ0n) is 9.28. The van der Waals surface area contributed by atoms with E-state index >= 15 is 0 Å². The van der Waals surface area contributed by atoms with Gasteiger partial charge in [-0.2, -0.15) is 0 Å². The van der Waals surface area contributed by atoms with E-state index in [4.69, 9.17) is 0 Å². The summed E-state index contributed by atoms with van der Waals surface area (Å²) in [6.45, 7) is 4.49. The number of oxime groups is 1. The van der Waals surface area contributed by atoms with Gasteiger partial charge < -0.3 is 4.84 Å². The van der Waals surface area contributed by atoms with Crippen molar-refractivity contribution in [3.63, 3.8) is 0 Å². The van der Waals surface area contributed by atoms with Gasteiger partial charge in [0.25, 0.3) is 0 Å². The highest BCUT2D eigenvalue weighted by molar-refractivity contribution is 5.71. The molecule has 2 heteroatoms. The molecule has 0 N–H and O–H groups in total. The van der Waals surface area contributed by atoms with Crippen molar-refractivity contribution in [2.24, 2.45) is 5.16 Å². The van der Waals surface area contributed by atoms with Crippen LogP contribution >= 0.6 is 0 Å². The van der Waals surface area contributed by atoms with Crippen LogP contribution in [0.5, 0.6) is 0 Å². The molecule has 2 nitrogen and oxygen atoms in total. The van der Waals surface area contributed by atoms with Crippen molar-refractivity contribution in [3.8, 4) is 0 Å². The Balaban J connectivity index is 0.000000241. The maximum atomic E-state index is 4.52. The summed E-state index contributed by atoms with van der Waals surface area (Å²) in [5.74, 6) is 0. The molecular weight excluding hydrogens is 174 g/mol. The molecule has 0 spiro atoms. The van der Waals surface area contributed by atoms with E-state index in [9.17, 15) is 0 Å². The van der Waals surface area contributed by atoms with E-state index in [-0.39, 0.29) is 0 Å². The summed E-state index contributed by atoms with van der Waals surface area (Å²) in [4.78, 5) is 4.52. The van der Waals surface area contributed by atoms with E-state index in [2.05, 4.69) is 23.8 Å². The standard InChI is InChI=1S/C7H16.C5H5NO/c1-3-5-7-6-4-2;1-2-4-6-7-5-3-1/h3-7H2,1-2H3;1-5H. The molecule has 0 radical (unpaired) electrons. The molecule has 0 fully saturated rings. The molecule has 80 valence electrons. The lowest BCUT2D eigenvalue weighted by atomic mass is 10.2. The molecule has 0 unspecified atom stereocenters. The molecule has 1 heterocycles. The van der Waals surface area contributed by atoms with Gasteiger partial charge in [-0.25, -0.2) is 0 Å². The molecule has 0 aromatic heterocycles. The second-order valence-corrected chi connectivity index (χ2v) is 3.13. The third kappa shape index (κ3) is 11.0. The van der Waals surface area contributed by atoms with Crippen LogP contribution < -0.4 is 0 Å². The van der Waals surface area contributed by atoms with E-state index in [1.165, 1.54) is 38.4 Å². The zero-order valence-corrected chi connectivity index (χ0v) is 9.28. The predicted molar refractivity (Wildman–Crippen MR) is 62.3 cm³/mol. The first-order valence-electron chi connectivity index (χ1n) is 5.42. The summed E-state index contributed by atoms with van der Waals surface area (Å²) in [5.41, 5.74) is 0. The van der Waals surface area contributed by atoms with Crippen molar-refractivity contribution in [1.29, 1.82) is 0 Å². The minimum atomic E-state index is 1.36. The van der Waals surface area contributed by atoms with E-state index in [1.807, 2.05) is 6.08 Å². The number of hydrogen-bond donors (Lipinski definition) is 0.